The molecule has 2 aromatic rings. The third kappa shape index (κ3) is 4.74. The highest BCUT2D eigenvalue weighted by Gasteiger charge is 2.40. The van der Waals surface area contributed by atoms with Gasteiger partial charge in [0.15, 0.2) is 0 Å². The number of hydrogen-bond acceptors (Lipinski definition) is 6. The summed E-state index contributed by atoms with van der Waals surface area (Å²) < 4.78 is 32.3. The normalized spacial score (nSPS) is 20.0. The second-order valence-corrected chi connectivity index (χ2v) is 8.61. The van der Waals surface area contributed by atoms with Gasteiger partial charge in [0.25, 0.3) is 0 Å². The van der Waals surface area contributed by atoms with Crippen LogP contribution in [0, 0.1) is 11.3 Å². The number of piperidine rings is 1. The van der Waals surface area contributed by atoms with Crippen LogP contribution in [-0.2, 0) is 21.4 Å². The highest BCUT2D eigenvalue weighted by Crippen LogP contribution is 2.27. The van der Waals surface area contributed by atoms with Crippen LogP contribution in [0.4, 0.5) is 0 Å². The van der Waals surface area contributed by atoms with E-state index >= 15 is 0 Å². The summed E-state index contributed by atoms with van der Waals surface area (Å²) in [6.07, 6.45) is -0.782. The minimum atomic E-state index is -4.02. The van der Waals surface area contributed by atoms with Gasteiger partial charge in [0.1, 0.15) is 18.4 Å². The fourth-order valence-corrected chi connectivity index (χ4v) is 4.73. The number of ether oxygens (including phenoxy) is 1. The molecule has 0 radical (unpaired) electrons. The van der Waals surface area contributed by atoms with Gasteiger partial charge < -0.3 is 14.9 Å². The third-order valence-electron chi connectivity index (χ3n) is 4.73. The molecule has 1 fully saturated rings. The zero-order chi connectivity index (χ0) is 21.0. The predicted octanol–water partition coefficient (Wildman–Crippen LogP) is 1.74. The molecule has 152 valence electrons. The summed E-state index contributed by atoms with van der Waals surface area (Å²) in [6.45, 7) is 0.195. The molecule has 2 aromatic carbocycles. The average Bonchev–Trinajstić information content (AvgIpc) is 2.72. The van der Waals surface area contributed by atoms with E-state index in [1.165, 1.54) is 24.3 Å². The molecule has 8 nitrogen and oxygen atoms in total. The number of sulfonamides is 1. The van der Waals surface area contributed by atoms with Gasteiger partial charge in [0, 0.05) is 13.0 Å². The fraction of sp³-hybridized carbons (Fsp3) is 0.300. The van der Waals surface area contributed by atoms with Crippen LogP contribution in [0.1, 0.15) is 24.0 Å². The molecule has 29 heavy (non-hydrogen) atoms. The lowest BCUT2D eigenvalue weighted by Gasteiger charge is -2.34. The molecule has 2 atom stereocenters. The first-order chi connectivity index (χ1) is 13.8. The Bertz CT molecular complexity index is 1010. The van der Waals surface area contributed by atoms with E-state index in [4.69, 9.17) is 10.00 Å². The van der Waals surface area contributed by atoms with Crippen molar-refractivity contribution in [3.8, 4) is 11.8 Å². The largest absolute Gasteiger partial charge is 0.489 e. The Morgan fingerprint density at radius 1 is 1.17 bits per heavy atom. The molecule has 0 aromatic heterocycles. The number of nitrogens with zero attached hydrogens (tertiary/aromatic N) is 2. The summed E-state index contributed by atoms with van der Waals surface area (Å²) >= 11 is 0. The van der Waals surface area contributed by atoms with E-state index in [1.807, 2.05) is 6.07 Å². The van der Waals surface area contributed by atoms with Crippen LogP contribution in [0.25, 0.3) is 0 Å². The monoisotopic (exact) mass is 416 g/mol. The minimum absolute atomic E-state index is 0.0362. The minimum Gasteiger partial charge on any atom is -0.489 e. The first kappa shape index (κ1) is 20.8. The van der Waals surface area contributed by atoms with E-state index in [0.29, 0.717) is 11.3 Å². The maximum Gasteiger partial charge on any atom is 0.322 e. The molecule has 0 bridgehead atoms. The molecule has 1 aliphatic rings. The maximum atomic E-state index is 12.9. The van der Waals surface area contributed by atoms with Crippen molar-refractivity contribution in [1.82, 2.24) is 4.31 Å². The Morgan fingerprint density at radius 3 is 2.41 bits per heavy atom. The number of carboxylic acids is 1. The lowest BCUT2D eigenvalue weighted by molar-refractivity contribution is -0.143. The number of benzene rings is 2. The number of carboxylic acid groups (broad SMARTS) is 1. The number of aliphatic hydroxyl groups is 1. The van der Waals surface area contributed by atoms with Crippen LogP contribution in [0.15, 0.2) is 53.4 Å². The van der Waals surface area contributed by atoms with E-state index in [9.17, 15) is 23.4 Å². The molecule has 1 aliphatic heterocycles. The van der Waals surface area contributed by atoms with Crippen molar-refractivity contribution >= 4 is 16.0 Å². The van der Waals surface area contributed by atoms with Crippen LogP contribution in [0.3, 0.4) is 0 Å². The first-order valence-electron chi connectivity index (χ1n) is 8.96. The SMILES string of the molecule is N#Cc1ccc(COc2ccc(S(=O)(=O)N3CCC(O)CC3C(=O)O)cc2)cc1. The molecule has 0 saturated carbocycles. The van der Waals surface area contributed by atoms with Gasteiger partial charge in [-0.3, -0.25) is 4.79 Å². The summed E-state index contributed by atoms with van der Waals surface area (Å²) in [5.41, 5.74) is 1.41. The molecule has 0 spiro atoms. The lowest BCUT2D eigenvalue weighted by Crippen LogP contribution is -2.51. The van der Waals surface area contributed by atoms with Gasteiger partial charge in [0.2, 0.25) is 10.0 Å². The highest BCUT2D eigenvalue weighted by molar-refractivity contribution is 7.89. The van der Waals surface area contributed by atoms with Crippen molar-refractivity contribution < 1.29 is 28.2 Å². The zero-order valence-electron chi connectivity index (χ0n) is 15.4. The smallest absolute Gasteiger partial charge is 0.322 e. The van der Waals surface area contributed by atoms with Crippen LogP contribution in [0.5, 0.6) is 5.75 Å². The molecule has 0 aliphatic carbocycles. The number of hydrogen-bond donors (Lipinski definition) is 2. The van der Waals surface area contributed by atoms with Gasteiger partial charge in [-0.05, 0) is 48.4 Å². The van der Waals surface area contributed by atoms with Crippen LogP contribution < -0.4 is 4.74 Å². The predicted molar refractivity (Wildman–Crippen MR) is 102 cm³/mol. The van der Waals surface area contributed by atoms with Crippen molar-refractivity contribution in [2.75, 3.05) is 6.54 Å². The van der Waals surface area contributed by atoms with Gasteiger partial charge in [-0.25, -0.2) is 8.42 Å². The molecule has 0 amide bonds. The summed E-state index contributed by atoms with van der Waals surface area (Å²) in [6, 6.07) is 13.4. The first-order valence-corrected chi connectivity index (χ1v) is 10.4. The topological polar surface area (TPSA) is 128 Å². The van der Waals surface area contributed by atoms with Gasteiger partial charge in [-0.2, -0.15) is 9.57 Å². The second kappa shape index (κ2) is 8.61. The van der Waals surface area contributed by atoms with Crippen LogP contribution in [0.2, 0.25) is 0 Å². The summed E-state index contributed by atoms with van der Waals surface area (Å²) in [7, 11) is -4.02. The number of aliphatic carboxylic acids is 1. The molecule has 1 heterocycles. The Labute approximate surface area is 168 Å². The summed E-state index contributed by atoms with van der Waals surface area (Å²) in [5.74, 6) is -0.827. The Balaban J connectivity index is 1.71. The molecular formula is C20H20N2O6S. The van der Waals surface area contributed by atoms with Crippen molar-refractivity contribution in [3.05, 3.63) is 59.7 Å². The van der Waals surface area contributed by atoms with E-state index in [2.05, 4.69) is 0 Å². The second-order valence-electron chi connectivity index (χ2n) is 6.72. The Hall–Kier alpha value is -2.93. The van der Waals surface area contributed by atoms with Crippen molar-refractivity contribution in [3.63, 3.8) is 0 Å². The molecule has 3 rings (SSSR count). The molecule has 2 N–H and O–H groups in total. The van der Waals surface area contributed by atoms with E-state index in [1.54, 1.807) is 24.3 Å². The molecular weight excluding hydrogens is 396 g/mol. The van der Waals surface area contributed by atoms with Crippen molar-refractivity contribution in [2.24, 2.45) is 0 Å². The van der Waals surface area contributed by atoms with Gasteiger partial charge in [0.05, 0.1) is 22.6 Å². The van der Waals surface area contributed by atoms with E-state index in [-0.39, 0.29) is 30.9 Å². The Kier molecular flexibility index (Phi) is 6.17. The number of aliphatic hydroxyl groups excluding tert-OH is 1. The average molecular weight is 416 g/mol. The maximum absolute atomic E-state index is 12.9. The van der Waals surface area contributed by atoms with E-state index in [0.717, 1.165) is 9.87 Å². The quantitative estimate of drug-likeness (QED) is 0.734. The van der Waals surface area contributed by atoms with Gasteiger partial charge in [-0.1, -0.05) is 12.1 Å². The van der Waals surface area contributed by atoms with Crippen molar-refractivity contribution in [2.45, 2.75) is 36.5 Å². The number of carbonyl (C=O) groups is 1. The van der Waals surface area contributed by atoms with Gasteiger partial charge in [-0.15, -0.1) is 0 Å². The van der Waals surface area contributed by atoms with E-state index < -0.39 is 28.1 Å². The van der Waals surface area contributed by atoms with Crippen molar-refractivity contribution in [1.29, 1.82) is 5.26 Å². The summed E-state index contributed by atoms with van der Waals surface area (Å²) in [5, 5.41) is 27.8. The van der Waals surface area contributed by atoms with Crippen LogP contribution in [-0.4, -0.2) is 47.6 Å². The lowest BCUT2D eigenvalue weighted by atomic mass is 10.0. The fourth-order valence-electron chi connectivity index (χ4n) is 3.12. The van der Waals surface area contributed by atoms with Gasteiger partial charge >= 0.3 is 5.97 Å². The molecule has 9 heteroatoms. The highest BCUT2D eigenvalue weighted by atomic mass is 32.2. The molecule has 2 unspecified atom stereocenters. The number of rotatable bonds is 6. The molecule has 1 saturated heterocycles. The third-order valence-corrected chi connectivity index (χ3v) is 6.65. The Morgan fingerprint density at radius 2 is 1.83 bits per heavy atom. The zero-order valence-corrected chi connectivity index (χ0v) is 16.2. The standard InChI is InChI=1S/C20H20N2O6S/c21-12-14-1-3-15(4-2-14)13-28-17-5-7-18(8-6-17)29(26,27)22-10-9-16(23)11-19(22)20(24)25/h1-8,16,19,23H,9-11,13H2,(H,24,25). The number of nitriles is 1. The summed E-state index contributed by atoms with van der Waals surface area (Å²) in [4.78, 5) is 11.4. The van der Waals surface area contributed by atoms with Crippen LogP contribution >= 0.6 is 0 Å².